The highest BCUT2D eigenvalue weighted by Crippen LogP contribution is 1.87. The van der Waals surface area contributed by atoms with E-state index in [1.54, 1.807) is 0 Å². The van der Waals surface area contributed by atoms with E-state index in [9.17, 15) is 9.59 Å². The summed E-state index contributed by atoms with van der Waals surface area (Å²) in [6.07, 6.45) is 5.68. The highest BCUT2D eigenvalue weighted by molar-refractivity contribution is 5.74. The van der Waals surface area contributed by atoms with Crippen molar-refractivity contribution in [2.75, 3.05) is 65.8 Å². The molecule has 0 heterocycles. The minimum Gasteiger partial charge on any atom is -0.379 e. The van der Waals surface area contributed by atoms with Gasteiger partial charge in [0.05, 0.1) is 26.4 Å². The van der Waals surface area contributed by atoms with Crippen LogP contribution in [0.15, 0.2) is 0 Å². The SMILES string of the molecule is CCCCNC(=O)NCCCOCCOCCOCCCNC(=O)NCCCC. The maximum absolute atomic E-state index is 11.4. The largest absolute Gasteiger partial charge is 0.379 e. The van der Waals surface area contributed by atoms with Gasteiger partial charge in [-0.05, 0) is 25.7 Å². The number of rotatable bonds is 20. The van der Waals surface area contributed by atoms with Gasteiger partial charge in [0, 0.05) is 39.4 Å². The molecular formula is C20H42N4O5. The normalized spacial score (nSPS) is 10.6. The highest BCUT2D eigenvalue weighted by atomic mass is 16.5. The van der Waals surface area contributed by atoms with Crippen LogP contribution < -0.4 is 21.3 Å². The summed E-state index contributed by atoms with van der Waals surface area (Å²) in [7, 11) is 0. The summed E-state index contributed by atoms with van der Waals surface area (Å²) < 4.78 is 16.3. The molecule has 0 rings (SSSR count). The molecule has 0 atom stereocenters. The van der Waals surface area contributed by atoms with Crippen LogP contribution in [0.5, 0.6) is 0 Å². The summed E-state index contributed by atoms with van der Waals surface area (Å²) in [5.74, 6) is 0. The van der Waals surface area contributed by atoms with E-state index in [-0.39, 0.29) is 12.1 Å². The van der Waals surface area contributed by atoms with Crippen molar-refractivity contribution >= 4 is 12.1 Å². The van der Waals surface area contributed by atoms with Crippen LogP contribution in [0, 0.1) is 0 Å². The minimum absolute atomic E-state index is 0.118. The molecular weight excluding hydrogens is 376 g/mol. The van der Waals surface area contributed by atoms with Crippen molar-refractivity contribution in [3.63, 3.8) is 0 Å². The number of carbonyl (C=O) groups excluding carboxylic acids is 2. The van der Waals surface area contributed by atoms with Crippen molar-refractivity contribution in [2.24, 2.45) is 0 Å². The number of amides is 4. The van der Waals surface area contributed by atoms with Crippen LogP contribution in [0.3, 0.4) is 0 Å². The molecule has 0 aliphatic heterocycles. The van der Waals surface area contributed by atoms with Gasteiger partial charge >= 0.3 is 12.1 Å². The van der Waals surface area contributed by atoms with Crippen molar-refractivity contribution < 1.29 is 23.8 Å². The fourth-order valence-electron chi connectivity index (χ4n) is 2.18. The molecule has 4 N–H and O–H groups in total. The molecule has 9 nitrogen and oxygen atoms in total. The van der Waals surface area contributed by atoms with Crippen LogP contribution in [0.25, 0.3) is 0 Å². The molecule has 0 aromatic carbocycles. The number of carbonyl (C=O) groups is 2. The fraction of sp³-hybridized carbons (Fsp3) is 0.900. The van der Waals surface area contributed by atoms with Crippen LogP contribution >= 0.6 is 0 Å². The number of hydrogen-bond donors (Lipinski definition) is 4. The quantitative estimate of drug-likeness (QED) is 0.226. The zero-order valence-electron chi connectivity index (χ0n) is 18.4. The summed E-state index contributed by atoms with van der Waals surface area (Å²) in [6.45, 7) is 10.1. The van der Waals surface area contributed by atoms with Gasteiger partial charge in [-0.25, -0.2) is 9.59 Å². The molecule has 0 unspecified atom stereocenters. The third-order valence-electron chi connectivity index (χ3n) is 3.88. The van der Waals surface area contributed by atoms with E-state index in [1.807, 2.05) is 0 Å². The molecule has 0 radical (unpaired) electrons. The van der Waals surface area contributed by atoms with Gasteiger partial charge in [0.15, 0.2) is 0 Å². The summed E-state index contributed by atoms with van der Waals surface area (Å²) in [5, 5.41) is 11.2. The fourth-order valence-corrected chi connectivity index (χ4v) is 2.18. The van der Waals surface area contributed by atoms with Gasteiger partial charge in [-0.2, -0.15) is 0 Å². The van der Waals surface area contributed by atoms with Crippen molar-refractivity contribution in [1.29, 1.82) is 0 Å². The van der Waals surface area contributed by atoms with Gasteiger partial charge < -0.3 is 35.5 Å². The van der Waals surface area contributed by atoms with E-state index in [0.717, 1.165) is 38.5 Å². The van der Waals surface area contributed by atoms with Gasteiger partial charge in [-0.3, -0.25) is 0 Å². The maximum atomic E-state index is 11.4. The Morgan fingerprint density at radius 2 is 0.828 bits per heavy atom. The maximum Gasteiger partial charge on any atom is 0.314 e. The predicted octanol–water partition coefficient (Wildman–Crippen LogP) is 2.02. The number of unbranched alkanes of at least 4 members (excludes halogenated alkanes) is 2. The smallest absolute Gasteiger partial charge is 0.314 e. The Balaban J connectivity index is 3.15. The third-order valence-corrected chi connectivity index (χ3v) is 3.88. The Morgan fingerprint density at radius 1 is 0.517 bits per heavy atom. The molecule has 9 heteroatoms. The predicted molar refractivity (Wildman–Crippen MR) is 114 cm³/mol. The van der Waals surface area contributed by atoms with Gasteiger partial charge in [0.2, 0.25) is 0 Å². The second-order valence-corrected chi connectivity index (χ2v) is 6.62. The summed E-state index contributed by atoms with van der Waals surface area (Å²) in [5.41, 5.74) is 0. The van der Waals surface area contributed by atoms with E-state index < -0.39 is 0 Å². The molecule has 0 aromatic heterocycles. The van der Waals surface area contributed by atoms with E-state index in [1.165, 1.54) is 0 Å². The van der Waals surface area contributed by atoms with Crippen LogP contribution in [-0.4, -0.2) is 77.9 Å². The lowest BCUT2D eigenvalue weighted by molar-refractivity contribution is 0.0140. The van der Waals surface area contributed by atoms with Gasteiger partial charge in [-0.15, -0.1) is 0 Å². The highest BCUT2D eigenvalue weighted by Gasteiger charge is 1.99. The monoisotopic (exact) mass is 418 g/mol. The number of ether oxygens (including phenoxy) is 3. The first-order valence-electron chi connectivity index (χ1n) is 11.0. The summed E-state index contributed by atoms with van der Waals surface area (Å²) in [4.78, 5) is 22.8. The average Bonchev–Trinajstić information content (AvgIpc) is 2.71. The van der Waals surface area contributed by atoms with Gasteiger partial charge in [0.25, 0.3) is 0 Å². The van der Waals surface area contributed by atoms with Crippen molar-refractivity contribution in [1.82, 2.24) is 21.3 Å². The average molecular weight is 419 g/mol. The molecule has 172 valence electrons. The molecule has 0 aliphatic carbocycles. The van der Waals surface area contributed by atoms with Crippen LogP contribution in [0.4, 0.5) is 9.59 Å². The zero-order valence-corrected chi connectivity index (χ0v) is 18.4. The van der Waals surface area contributed by atoms with Crippen molar-refractivity contribution in [3.05, 3.63) is 0 Å². The van der Waals surface area contributed by atoms with Crippen LogP contribution in [-0.2, 0) is 14.2 Å². The van der Waals surface area contributed by atoms with Crippen LogP contribution in [0.2, 0.25) is 0 Å². The molecule has 0 aromatic rings. The lowest BCUT2D eigenvalue weighted by atomic mass is 10.3. The van der Waals surface area contributed by atoms with E-state index >= 15 is 0 Å². The van der Waals surface area contributed by atoms with Crippen molar-refractivity contribution in [3.8, 4) is 0 Å². The second-order valence-electron chi connectivity index (χ2n) is 6.62. The van der Waals surface area contributed by atoms with E-state index in [4.69, 9.17) is 14.2 Å². The minimum atomic E-state index is -0.118. The molecule has 0 aliphatic rings. The van der Waals surface area contributed by atoms with Crippen molar-refractivity contribution in [2.45, 2.75) is 52.4 Å². The third kappa shape index (κ3) is 22.6. The first-order valence-corrected chi connectivity index (χ1v) is 11.0. The van der Waals surface area contributed by atoms with E-state index in [2.05, 4.69) is 35.1 Å². The molecule has 0 bridgehead atoms. The topological polar surface area (TPSA) is 110 Å². The van der Waals surface area contributed by atoms with Crippen LogP contribution in [0.1, 0.15) is 52.4 Å². The summed E-state index contributed by atoms with van der Waals surface area (Å²) in [6, 6.07) is -0.236. The Labute approximate surface area is 176 Å². The molecule has 0 saturated carbocycles. The number of urea groups is 2. The van der Waals surface area contributed by atoms with Gasteiger partial charge in [-0.1, -0.05) is 26.7 Å². The molecule has 0 saturated heterocycles. The van der Waals surface area contributed by atoms with E-state index in [0.29, 0.717) is 65.8 Å². The molecule has 4 amide bonds. The number of nitrogens with one attached hydrogen (secondary N) is 4. The first kappa shape index (κ1) is 27.4. The Kier molecular flexibility index (Phi) is 21.5. The first-order chi connectivity index (χ1) is 14.2. The lowest BCUT2D eigenvalue weighted by Gasteiger charge is -2.09. The van der Waals surface area contributed by atoms with Gasteiger partial charge in [0.1, 0.15) is 0 Å². The Morgan fingerprint density at radius 3 is 1.17 bits per heavy atom. The molecule has 0 spiro atoms. The molecule has 0 fully saturated rings. The zero-order chi connectivity index (χ0) is 21.4. The lowest BCUT2D eigenvalue weighted by Crippen LogP contribution is -2.36. The second kappa shape index (κ2) is 22.7. The molecule has 29 heavy (non-hydrogen) atoms. The number of hydrogen-bond acceptors (Lipinski definition) is 5. The Bertz CT molecular complexity index is 352. The summed E-state index contributed by atoms with van der Waals surface area (Å²) >= 11 is 0. The standard InChI is InChI=1S/C20H42N4O5/c1-3-5-9-21-19(25)23-11-7-13-27-15-17-29-18-16-28-14-8-12-24-20(26)22-10-6-4-2/h3-18H2,1-2H3,(H2,21,23,25)(H2,22,24,26). The Hall–Kier alpha value is -1.58.